The first-order chi connectivity index (χ1) is 12.9. The number of pyridine rings is 1. The molecule has 0 bridgehead atoms. The van der Waals surface area contributed by atoms with Crippen LogP contribution in [0.5, 0.6) is 0 Å². The van der Waals surface area contributed by atoms with Crippen LogP contribution in [-0.4, -0.2) is 15.8 Å². The number of nitro benzene ring substituents is 1. The normalized spacial score (nSPS) is 11.8. The third-order valence-corrected chi connectivity index (χ3v) is 4.32. The summed E-state index contributed by atoms with van der Waals surface area (Å²) in [6.07, 6.45) is 0. The first-order valence-corrected chi connectivity index (χ1v) is 8.21. The number of rotatable bonds is 5. The number of hydrogen-bond donors (Lipinski definition) is 1. The first kappa shape index (κ1) is 18.5. The molecule has 0 aliphatic carbocycles. The number of amides is 1. The highest BCUT2D eigenvalue weighted by Gasteiger charge is 2.27. The number of nitrogens with zero attached hydrogens (tertiary/aromatic N) is 2. The van der Waals surface area contributed by atoms with Crippen LogP contribution in [0.1, 0.15) is 17.2 Å². The molecule has 0 saturated carbocycles. The SMILES string of the molecule is NC(=O)C(c1cccc(-c2cccc([N+](=O)[O-])c2)n1)c1c(F)cccc1Cl. The maximum atomic E-state index is 14.3. The summed E-state index contributed by atoms with van der Waals surface area (Å²) in [6.45, 7) is 0. The predicted molar refractivity (Wildman–Crippen MR) is 98.8 cm³/mol. The number of benzene rings is 2. The summed E-state index contributed by atoms with van der Waals surface area (Å²) in [5, 5.41) is 11.0. The maximum Gasteiger partial charge on any atom is 0.270 e. The lowest BCUT2D eigenvalue weighted by molar-refractivity contribution is -0.384. The van der Waals surface area contributed by atoms with Gasteiger partial charge in [0.1, 0.15) is 11.7 Å². The van der Waals surface area contributed by atoms with Crippen molar-refractivity contribution in [1.82, 2.24) is 4.98 Å². The molecule has 136 valence electrons. The van der Waals surface area contributed by atoms with Crippen molar-refractivity contribution in [3.8, 4) is 11.3 Å². The number of hydrogen-bond acceptors (Lipinski definition) is 4. The fourth-order valence-corrected chi connectivity index (χ4v) is 3.05. The minimum absolute atomic E-state index is 0.0568. The Morgan fingerprint density at radius 1 is 1.15 bits per heavy atom. The molecule has 2 N–H and O–H groups in total. The number of halogens is 2. The second-order valence-corrected chi connectivity index (χ2v) is 6.13. The lowest BCUT2D eigenvalue weighted by atomic mass is 9.93. The van der Waals surface area contributed by atoms with E-state index in [-0.39, 0.29) is 22.0 Å². The number of carbonyl (C=O) groups excluding carboxylic acids is 1. The Morgan fingerprint density at radius 3 is 2.52 bits per heavy atom. The molecule has 6 nitrogen and oxygen atoms in total. The molecule has 1 unspecified atom stereocenters. The van der Waals surface area contributed by atoms with Crippen LogP contribution in [0, 0.1) is 15.9 Å². The van der Waals surface area contributed by atoms with E-state index in [2.05, 4.69) is 4.98 Å². The van der Waals surface area contributed by atoms with Crippen molar-refractivity contribution >= 4 is 23.2 Å². The molecule has 8 heteroatoms. The Labute approximate surface area is 158 Å². The summed E-state index contributed by atoms with van der Waals surface area (Å²) in [7, 11) is 0. The molecule has 0 aliphatic rings. The molecule has 0 saturated heterocycles. The molecular formula is C19H13ClFN3O3. The summed E-state index contributed by atoms with van der Waals surface area (Å²) in [5.74, 6) is -2.68. The van der Waals surface area contributed by atoms with Gasteiger partial charge in [-0.3, -0.25) is 19.9 Å². The number of carbonyl (C=O) groups is 1. The molecular weight excluding hydrogens is 373 g/mol. The average Bonchev–Trinajstić information content (AvgIpc) is 2.64. The fourth-order valence-electron chi connectivity index (χ4n) is 2.77. The third kappa shape index (κ3) is 3.78. The van der Waals surface area contributed by atoms with Gasteiger partial charge >= 0.3 is 0 Å². The largest absolute Gasteiger partial charge is 0.369 e. The molecule has 0 spiro atoms. The maximum absolute atomic E-state index is 14.3. The van der Waals surface area contributed by atoms with Crippen LogP contribution in [0.15, 0.2) is 60.7 Å². The number of primary amides is 1. The Kier molecular flexibility index (Phi) is 5.14. The first-order valence-electron chi connectivity index (χ1n) is 7.83. The van der Waals surface area contributed by atoms with Crippen LogP contribution in [0.25, 0.3) is 11.3 Å². The second kappa shape index (κ2) is 7.51. The van der Waals surface area contributed by atoms with Gasteiger partial charge in [0.2, 0.25) is 5.91 Å². The van der Waals surface area contributed by atoms with E-state index in [1.54, 1.807) is 18.2 Å². The minimum atomic E-state index is -1.20. The lowest BCUT2D eigenvalue weighted by Crippen LogP contribution is -2.24. The van der Waals surface area contributed by atoms with E-state index in [9.17, 15) is 19.3 Å². The zero-order valence-corrected chi connectivity index (χ0v) is 14.6. The standard InChI is InChI=1S/C19H13ClFN3O3/c20-13-6-2-7-14(21)17(13)18(19(22)25)16-9-3-8-15(23-16)11-4-1-5-12(10-11)24(26)27/h1-10,18H,(H2,22,25). The van der Waals surface area contributed by atoms with Crippen molar-refractivity contribution in [2.45, 2.75) is 5.92 Å². The molecule has 3 rings (SSSR count). The highest BCUT2D eigenvalue weighted by atomic mass is 35.5. The third-order valence-electron chi connectivity index (χ3n) is 3.99. The zero-order chi connectivity index (χ0) is 19.6. The van der Waals surface area contributed by atoms with Crippen molar-refractivity contribution in [2.75, 3.05) is 0 Å². The smallest absolute Gasteiger partial charge is 0.270 e. The van der Waals surface area contributed by atoms with E-state index < -0.39 is 22.6 Å². The average molecular weight is 386 g/mol. The van der Waals surface area contributed by atoms with Crippen molar-refractivity contribution in [1.29, 1.82) is 0 Å². The Bertz CT molecular complexity index is 1020. The molecule has 0 aliphatic heterocycles. The topological polar surface area (TPSA) is 99.1 Å². The molecule has 1 atom stereocenters. The molecule has 0 fully saturated rings. The van der Waals surface area contributed by atoms with Gasteiger partial charge in [0.05, 0.1) is 16.3 Å². The number of nitrogens with two attached hydrogens (primary N) is 1. The highest BCUT2D eigenvalue weighted by molar-refractivity contribution is 6.31. The fraction of sp³-hybridized carbons (Fsp3) is 0.0526. The van der Waals surface area contributed by atoms with Crippen LogP contribution in [0.4, 0.5) is 10.1 Å². The Morgan fingerprint density at radius 2 is 1.85 bits per heavy atom. The Balaban J connectivity index is 2.12. The zero-order valence-electron chi connectivity index (χ0n) is 13.8. The van der Waals surface area contributed by atoms with Gasteiger partial charge < -0.3 is 5.73 Å². The van der Waals surface area contributed by atoms with Gasteiger partial charge in [-0.2, -0.15) is 0 Å². The van der Waals surface area contributed by atoms with Gasteiger partial charge in [-0.05, 0) is 24.3 Å². The van der Waals surface area contributed by atoms with Crippen molar-refractivity contribution in [3.05, 3.63) is 92.9 Å². The molecule has 3 aromatic rings. The molecule has 0 radical (unpaired) electrons. The van der Waals surface area contributed by atoms with Crippen LogP contribution in [-0.2, 0) is 4.79 Å². The van der Waals surface area contributed by atoms with E-state index in [1.165, 1.54) is 42.5 Å². The molecule has 2 aromatic carbocycles. The van der Waals surface area contributed by atoms with E-state index in [4.69, 9.17) is 17.3 Å². The number of nitro groups is 1. The quantitative estimate of drug-likeness (QED) is 0.528. The van der Waals surface area contributed by atoms with Gasteiger partial charge in [-0.1, -0.05) is 35.9 Å². The van der Waals surface area contributed by atoms with Gasteiger partial charge in [-0.25, -0.2) is 4.39 Å². The minimum Gasteiger partial charge on any atom is -0.369 e. The van der Waals surface area contributed by atoms with Gasteiger partial charge in [-0.15, -0.1) is 0 Å². The van der Waals surface area contributed by atoms with Crippen LogP contribution < -0.4 is 5.73 Å². The summed E-state index contributed by atoms with van der Waals surface area (Å²) in [5.41, 5.74) is 6.40. The van der Waals surface area contributed by atoms with Crippen LogP contribution in [0.2, 0.25) is 5.02 Å². The van der Waals surface area contributed by atoms with Gasteiger partial charge in [0.25, 0.3) is 5.69 Å². The van der Waals surface area contributed by atoms with Gasteiger partial charge in [0, 0.05) is 28.3 Å². The van der Waals surface area contributed by atoms with Crippen LogP contribution >= 0.6 is 11.6 Å². The molecule has 1 amide bonds. The summed E-state index contributed by atoms with van der Waals surface area (Å²) in [4.78, 5) is 26.9. The molecule has 1 heterocycles. The summed E-state index contributed by atoms with van der Waals surface area (Å²) in [6, 6.07) is 14.7. The molecule has 27 heavy (non-hydrogen) atoms. The van der Waals surface area contributed by atoms with E-state index in [0.29, 0.717) is 11.3 Å². The van der Waals surface area contributed by atoms with Gasteiger partial charge in [0.15, 0.2) is 0 Å². The summed E-state index contributed by atoms with van der Waals surface area (Å²) >= 11 is 6.08. The van der Waals surface area contributed by atoms with E-state index in [1.807, 2.05) is 0 Å². The number of aromatic nitrogens is 1. The second-order valence-electron chi connectivity index (χ2n) is 5.73. The van der Waals surface area contributed by atoms with Crippen molar-refractivity contribution < 1.29 is 14.1 Å². The summed E-state index contributed by atoms with van der Waals surface area (Å²) < 4.78 is 14.3. The predicted octanol–water partition coefficient (Wildman–Crippen LogP) is 4.07. The van der Waals surface area contributed by atoms with Crippen molar-refractivity contribution in [3.63, 3.8) is 0 Å². The lowest BCUT2D eigenvalue weighted by Gasteiger charge is -2.16. The van der Waals surface area contributed by atoms with Crippen LogP contribution in [0.3, 0.4) is 0 Å². The Hall–Kier alpha value is -3.32. The van der Waals surface area contributed by atoms with E-state index in [0.717, 1.165) is 0 Å². The molecule has 1 aromatic heterocycles. The monoisotopic (exact) mass is 385 g/mol. The van der Waals surface area contributed by atoms with E-state index >= 15 is 0 Å². The van der Waals surface area contributed by atoms with Crippen molar-refractivity contribution in [2.24, 2.45) is 5.73 Å². The highest BCUT2D eigenvalue weighted by Crippen LogP contribution is 2.32. The number of non-ortho nitro benzene ring substituents is 1.